The van der Waals surface area contributed by atoms with Crippen molar-refractivity contribution in [2.24, 2.45) is 16.6 Å². The predicted octanol–water partition coefficient (Wildman–Crippen LogP) is 3.42. The van der Waals surface area contributed by atoms with E-state index in [1.54, 1.807) is 0 Å². The average Bonchev–Trinajstić information content (AvgIpc) is 2.35. The summed E-state index contributed by atoms with van der Waals surface area (Å²) in [5, 5.41) is 0. The molecule has 124 valence electrons. The van der Waals surface area contributed by atoms with Gasteiger partial charge in [-0.15, -0.1) is 0 Å². The minimum Gasteiger partial charge on any atom is -0.377 e. The molecular formula is C18H36N2O. The Morgan fingerprint density at radius 2 is 1.57 bits per heavy atom. The maximum atomic E-state index is 6.36. The van der Waals surface area contributed by atoms with Gasteiger partial charge in [0.1, 0.15) is 0 Å². The van der Waals surface area contributed by atoms with Crippen LogP contribution in [-0.4, -0.2) is 42.8 Å². The largest absolute Gasteiger partial charge is 0.377 e. The Labute approximate surface area is 131 Å². The summed E-state index contributed by atoms with van der Waals surface area (Å²) >= 11 is 0. The van der Waals surface area contributed by atoms with Gasteiger partial charge in [0.2, 0.25) is 0 Å². The zero-order valence-electron chi connectivity index (χ0n) is 15.1. The summed E-state index contributed by atoms with van der Waals surface area (Å²) in [4.78, 5) is 2.67. The molecule has 2 N–H and O–H groups in total. The fraction of sp³-hybridized carbons (Fsp3) is 1.00. The van der Waals surface area contributed by atoms with Gasteiger partial charge in [0.25, 0.3) is 0 Å². The van der Waals surface area contributed by atoms with E-state index in [0.717, 1.165) is 19.5 Å². The van der Waals surface area contributed by atoms with E-state index in [-0.39, 0.29) is 11.1 Å². The monoisotopic (exact) mass is 296 g/mol. The van der Waals surface area contributed by atoms with Gasteiger partial charge in [-0.3, -0.25) is 4.90 Å². The molecule has 1 saturated heterocycles. The fourth-order valence-electron chi connectivity index (χ4n) is 5.54. The molecule has 1 heterocycles. The van der Waals surface area contributed by atoms with Gasteiger partial charge in [0.15, 0.2) is 0 Å². The molecule has 3 heteroatoms. The van der Waals surface area contributed by atoms with E-state index in [2.05, 4.69) is 39.5 Å². The van der Waals surface area contributed by atoms with E-state index in [4.69, 9.17) is 10.5 Å². The molecule has 0 spiro atoms. The van der Waals surface area contributed by atoms with Crippen LogP contribution in [0.15, 0.2) is 0 Å². The maximum Gasteiger partial charge on any atom is 0.0777 e. The highest BCUT2D eigenvalue weighted by Crippen LogP contribution is 2.52. The van der Waals surface area contributed by atoms with Crippen molar-refractivity contribution in [2.45, 2.75) is 77.9 Å². The molecule has 0 amide bonds. The minimum atomic E-state index is -0.00778. The summed E-state index contributed by atoms with van der Waals surface area (Å²) in [5.41, 5.74) is 7.22. The summed E-state index contributed by atoms with van der Waals surface area (Å²) < 4.78 is 5.81. The molecule has 0 aromatic rings. The second kappa shape index (κ2) is 5.50. The number of methoxy groups -OCH3 is 1. The number of piperidine rings is 1. The lowest BCUT2D eigenvalue weighted by molar-refractivity contribution is -0.113. The number of nitrogens with zero attached hydrogens (tertiary/aromatic N) is 1. The fourth-order valence-corrected chi connectivity index (χ4v) is 5.54. The van der Waals surface area contributed by atoms with Gasteiger partial charge in [-0.25, -0.2) is 0 Å². The van der Waals surface area contributed by atoms with Crippen LogP contribution in [0.4, 0.5) is 0 Å². The van der Waals surface area contributed by atoms with Crippen molar-refractivity contribution in [3.8, 4) is 0 Å². The van der Waals surface area contributed by atoms with E-state index >= 15 is 0 Å². The van der Waals surface area contributed by atoms with E-state index in [0.29, 0.717) is 10.8 Å². The summed E-state index contributed by atoms with van der Waals surface area (Å²) in [6.07, 6.45) is 6.08. The first-order chi connectivity index (χ1) is 9.55. The van der Waals surface area contributed by atoms with Crippen molar-refractivity contribution < 1.29 is 4.74 Å². The van der Waals surface area contributed by atoms with Gasteiger partial charge in [-0.1, -0.05) is 27.7 Å². The van der Waals surface area contributed by atoms with Crippen LogP contribution in [0.5, 0.6) is 0 Å². The lowest BCUT2D eigenvalue weighted by Gasteiger charge is -2.58. The zero-order chi connectivity index (χ0) is 15.9. The molecule has 2 aliphatic rings. The van der Waals surface area contributed by atoms with Crippen LogP contribution in [0.1, 0.15) is 66.7 Å². The average molecular weight is 296 g/mol. The molecule has 1 aliphatic carbocycles. The number of hydrogen-bond acceptors (Lipinski definition) is 3. The Bertz CT molecular complexity index is 361. The third-order valence-corrected chi connectivity index (χ3v) is 5.77. The van der Waals surface area contributed by atoms with Crippen LogP contribution in [0.2, 0.25) is 0 Å². The molecule has 0 radical (unpaired) electrons. The van der Waals surface area contributed by atoms with Crippen LogP contribution >= 0.6 is 0 Å². The molecule has 0 aromatic carbocycles. The minimum absolute atomic E-state index is 0.00778. The number of rotatable bonds is 3. The van der Waals surface area contributed by atoms with Gasteiger partial charge in [0, 0.05) is 25.7 Å². The highest BCUT2D eigenvalue weighted by atomic mass is 16.5. The van der Waals surface area contributed by atoms with Gasteiger partial charge in [-0.05, 0) is 56.4 Å². The molecular weight excluding hydrogens is 260 g/mol. The molecule has 1 unspecified atom stereocenters. The molecule has 3 nitrogen and oxygen atoms in total. The third kappa shape index (κ3) is 3.62. The van der Waals surface area contributed by atoms with Gasteiger partial charge >= 0.3 is 0 Å². The first kappa shape index (κ1) is 17.2. The van der Waals surface area contributed by atoms with E-state index in [1.165, 1.54) is 32.2 Å². The molecule has 2 fully saturated rings. The molecule has 0 bridgehead atoms. The molecule has 1 saturated carbocycles. The predicted molar refractivity (Wildman–Crippen MR) is 89.4 cm³/mol. The van der Waals surface area contributed by atoms with Crippen LogP contribution in [0.3, 0.4) is 0 Å². The highest BCUT2D eigenvalue weighted by Gasteiger charge is 2.51. The van der Waals surface area contributed by atoms with Gasteiger partial charge in [0.05, 0.1) is 5.60 Å². The molecule has 1 atom stereocenters. The molecule has 0 aromatic heterocycles. The first-order valence-corrected chi connectivity index (χ1v) is 8.56. The Morgan fingerprint density at radius 3 is 2.05 bits per heavy atom. The quantitative estimate of drug-likeness (QED) is 0.867. The van der Waals surface area contributed by atoms with Gasteiger partial charge < -0.3 is 10.5 Å². The number of nitrogens with two attached hydrogens (primary N) is 1. The van der Waals surface area contributed by atoms with Crippen molar-refractivity contribution in [2.75, 3.05) is 26.7 Å². The van der Waals surface area contributed by atoms with Crippen LogP contribution in [-0.2, 0) is 4.74 Å². The second-order valence-corrected chi connectivity index (χ2v) is 9.47. The SMILES string of the molecule is COC1(C)CCCN(C2(CN)CC(C)(C)CC(C)(C)C2)C1. The lowest BCUT2D eigenvalue weighted by Crippen LogP contribution is -2.65. The molecule has 21 heavy (non-hydrogen) atoms. The third-order valence-electron chi connectivity index (χ3n) is 5.77. The van der Waals surface area contributed by atoms with Crippen LogP contribution in [0, 0.1) is 10.8 Å². The zero-order valence-corrected chi connectivity index (χ0v) is 15.1. The summed E-state index contributed by atoms with van der Waals surface area (Å²) in [6.45, 7) is 14.9. The molecule has 1 aliphatic heterocycles. The van der Waals surface area contributed by atoms with Crippen molar-refractivity contribution in [1.82, 2.24) is 4.90 Å². The van der Waals surface area contributed by atoms with Crippen LogP contribution < -0.4 is 5.73 Å². The summed E-state index contributed by atoms with van der Waals surface area (Å²) in [7, 11) is 1.85. The van der Waals surface area contributed by atoms with E-state index in [9.17, 15) is 0 Å². The van der Waals surface area contributed by atoms with Crippen molar-refractivity contribution in [3.05, 3.63) is 0 Å². The topological polar surface area (TPSA) is 38.5 Å². The number of likely N-dealkylation sites (tertiary alicyclic amines) is 1. The highest BCUT2D eigenvalue weighted by molar-refractivity contribution is 5.06. The Kier molecular flexibility index (Phi) is 4.52. The smallest absolute Gasteiger partial charge is 0.0777 e. The van der Waals surface area contributed by atoms with Gasteiger partial charge in [-0.2, -0.15) is 0 Å². The standard InChI is InChI=1S/C18H36N2O/c1-15(2)10-16(3,4)12-18(11-15,13-19)20-9-7-8-17(5,14-20)21-6/h7-14,19H2,1-6H3. The molecule has 2 rings (SSSR count). The van der Waals surface area contributed by atoms with E-state index < -0.39 is 0 Å². The number of hydrogen-bond donors (Lipinski definition) is 1. The summed E-state index contributed by atoms with van der Waals surface area (Å²) in [6, 6.07) is 0. The second-order valence-electron chi connectivity index (χ2n) is 9.47. The van der Waals surface area contributed by atoms with Crippen molar-refractivity contribution in [3.63, 3.8) is 0 Å². The lowest BCUT2D eigenvalue weighted by atomic mass is 9.57. The van der Waals surface area contributed by atoms with Crippen molar-refractivity contribution in [1.29, 1.82) is 0 Å². The van der Waals surface area contributed by atoms with Crippen LogP contribution in [0.25, 0.3) is 0 Å². The Morgan fingerprint density at radius 1 is 1.00 bits per heavy atom. The number of ether oxygens (including phenoxy) is 1. The maximum absolute atomic E-state index is 6.36. The summed E-state index contributed by atoms with van der Waals surface area (Å²) in [5.74, 6) is 0. The van der Waals surface area contributed by atoms with Crippen molar-refractivity contribution >= 4 is 0 Å². The normalized spacial score (nSPS) is 35.6. The Hall–Kier alpha value is -0.120. The first-order valence-electron chi connectivity index (χ1n) is 8.56. The Balaban J connectivity index is 2.28. The van der Waals surface area contributed by atoms with E-state index in [1.807, 2.05) is 7.11 Å².